The van der Waals surface area contributed by atoms with E-state index in [0.29, 0.717) is 5.56 Å². The Morgan fingerprint density at radius 2 is 1.89 bits per heavy atom. The summed E-state index contributed by atoms with van der Waals surface area (Å²) in [4.78, 5) is 11.9. The predicted molar refractivity (Wildman–Crippen MR) is 73.4 cm³/mol. The maximum absolute atomic E-state index is 10.9. The summed E-state index contributed by atoms with van der Waals surface area (Å²) in [5, 5.41) is 10.6. The highest BCUT2D eigenvalue weighted by atomic mass is 32.1. The maximum Gasteiger partial charge on any atom is 0.336 e. The van der Waals surface area contributed by atoms with Crippen LogP contribution in [0.2, 0.25) is 0 Å². The molecule has 2 nitrogen and oxygen atoms in total. The highest BCUT2D eigenvalue weighted by Gasteiger charge is 2.12. The zero-order valence-electron chi connectivity index (χ0n) is 9.98. The van der Waals surface area contributed by atoms with Crippen molar-refractivity contribution in [2.45, 2.75) is 25.7 Å². The number of hydrogen-bond donors (Lipinski definition) is 1. The third-order valence-electron chi connectivity index (χ3n) is 3.48. The lowest BCUT2D eigenvalue weighted by Gasteiger charge is -2.16. The van der Waals surface area contributed by atoms with E-state index in [9.17, 15) is 4.79 Å². The molecule has 0 radical (unpaired) electrons. The van der Waals surface area contributed by atoms with E-state index < -0.39 is 5.97 Å². The standard InChI is InChI=1S/C15H14O2S/c16-15(17)13-8-14(18-9-13)12-6-5-10-3-1-2-4-11(10)7-12/h5-9H,1-4H2,(H,16,17). The van der Waals surface area contributed by atoms with Gasteiger partial charge in [0.25, 0.3) is 0 Å². The summed E-state index contributed by atoms with van der Waals surface area (Å²) >= 11 is 1.50. The topological polar surface area (TPSA) is 37.3 Å². The molecule has 0 fully saturated rings. The Labute approximate surface area is 110 Å². The van der Waals surface area contributed by atoms with Crippen molar-refractivity contribution in [3.8, 4) is 10.4 Å². The molecule has 0 unspecified atom stereocenters. The van der Waals surface area contributed by atoms with Crippen molar-refractivity contribution in [1.82, 2.24) is 0 Å². The first kappa shape index (κ1) is 11.5. The molecule has 0 bridgehead atoms. The normalized spacial score (nSPS) is 14.2. The Bertz CT molecular complexity index is 598. The van der Waals surface area contributed by atoms with Crippen molar-refractivity contribution in [3.05, 3.63) is 46.3 Å². The largest absolute Gasteiger partial charge is 0.478 e. The van der Waals surface area contributed by atoms with Gasteiger partial charge < -0.3 is 5.11 Å². The summed E-state index contributed by atoms with van der Waals surface area (Å²) < 4.78 is 0. The second-order valence-corrected chi connectivity index (χ2v) is 5.61. The molecule has 1 aliphatic rings. The van der Waals surface area contributed by atoms with Gasteiger partial charge in [-0.15, -0.1) is 11.3 Å². The van der Waals surface area contributed by atoms with E-state index >= 15 is 0 Å². The monoisotopic (exact) mass is 258 g/mol. The van der Waals surface area contributed by atoms with E-state index in [4.69, 9.17) is 5.11 Å². The molecule has 0 amide bonds. The second kappa shape index (κ2) is 4.58. The molecule has 0 saturated heterocycles. The molecule has 92 valence electrons. The summed E-state index contributed by atoms with van der Waals surface area (Å²) in [6.07, 6.45) is 4.89. The molecule has 3 heteroatoms. The summed E-state index contributed by atoms with van der Waals surface area (Å²) in [6, 6.07) is 8.30. The Morgan fingerprint density at radius 3 is 2.61 bits per heavy atom. The van der Waals surface area contributed by atoms with Crippen molar-refractivity contribution in [3.63, 3.8) is 0 Å². The highest BCUT2D eigenvalue weighted by molar-refractivity contribution is 7.13. The predicted octanol–water partition coefficient (Wildman–Crippen LogP) is 3.99. The van der Waals surface area contributed by atoms with Crippen LogP contribution < -0.4 is 0 Å². The van der Waals surface area contributed by atoms with E-state index in [2.05, 4.69) is 18.2 Å². The first-order chi connectivity index (χ1) is 8.74. The van der Waals surface area contributed by atoms with Gasteiger partial charge in [-0.25, -0.2) is 4.79 Å². The first-order valence-corrected chi connectivity index (χ1v) is 7.06. The molecule has 2 aromatic rings. The van der Waals surface area contributed by atoms with Crippen LogP contribution in [0.3, 0.4) is 0 Å². The molecular weight excluding hydrogens is 244 g/mol. The maximum atomic E-state index is 10.9. The van der Waals surface area contributed by atoms with E-state index in [1.54, 1.807) is 11.4 Å². The van der Waals surface area contributed by atoms with Gasteiger partial charge in [-0.2, -0.15) is 0 Å². The van der Waals surface area contributed by atoms with Crippen LogP contribution in [0.4, 0.5) is 0 Å². The lowest BCUT2D eigenvalue weighted by Crippen LogP contribution is -2.01. The molecular formula is C15H14O2S. The van der Waals surface area contributed by atoms with Gasteiger partial charge >= 0.3 is 5.97 Å². The fourth-order valence-corrected chi connectivity index (χ4v) is 3.37. The van der Waals surface area contributed by atoms with Crippen LogP contribution in [-0.4, -0.2) is 11.1 Å². The summed E-state index contributed by atoms with van der Waals surface area (Å²) in [5.41, 5.74) is 4.42. The van der Waals surface area contributed by atoms with Crippen LogP contribution in [0.25, 0.3) is 10.4 Å². The number of carboxylic acids is 1. The average Bonchev–Trinajstić information content (AvgIpc) is 2.88. The van der Waals surface area contributed by atoms with E-state index in [0.717, 1.165) is 16.9 Å². The lowest BCUT2D eigenvalue weighted by atomic mass is 9.90. The van der Waals surface area contributed by atoms with E-state index in [1.807, 2.05) is 0 Å². The molecule has 1 aliphatic carbocycles. The molecule has 0 saturated carbocycles. The molecule has 0 spiro atoms. The van der Waals surface area contributed by atoms with Crippen molar-refractivity contribution in [2.24, 2.45) is 0 Å². The number of carbonyl (C=O) groups is 1. The van der Waals surface area contributed by atoms with Crippen molar-refractivity contribution < 1.29 is 9.90 Å². The number of aromatic carboxylic acids is 1. The van der Waals surface area contributed by atoms with E-state index in [1.165, 1.54) is 41.7 Å². The minimum absolute atomic E-state index is 0.382. The lowest BCUT2D eigenvalue weighted by molar-refractivity contribution is 0.0697. The van der Waals surface area contributed by atoms with Gasteiger partial charge in [0.15, 0.2) is 0 Å². The minimum atomic E-state index is -0.851. The minimum Gasteiger partial charge on any atom is -0.478 e. The number of fused-ring (bicyclic) bond motifs is 1. The molecule has 0 atom stereocenters. The highest BCUT2D eigenvalue weighted by Crippen LogP contribution is 2.31. The van der Waals surface area contributed by atoms with Gasteiger partial charge in [-0.1, -0.05) is 18.2 Å². The number of aryl methyl sites for hydroxylation is 2. The van der Waals surface area contributed by atoms with Crippen molar-refractivity contribution in [2.75, 3.05) is 0 Å². The number of hydrogen-bond acceptors (Lipinski definition) is 2. The van der Waals surface area contributed by atoms with Crippen LogP contribution in [-0.2, 0) is 12.8 Å². The first-order valence-electron chi connectivity index (χ1n) is 6.18. The number of thiophene rings is 1. The third-order valence-corrected chi connectivity index (χ3v) is 4.46. The summed E-state index contributed by atoms with van der Waals surface area (Å²) in [5.74, 6) is -0.851. The fourth-order valence-electron chi connectivity index (χ4n) is 2.49. The quantitative estimate of drug-likeness (QED) is 0.884. The Hall–Kier alpha value is -1.61. The molecule has 18 heavy (non-hydrogen) atoms. The van der Waals surface area contributed by atoms with Gasteiger partial charge in [-0.3, -0.25) is 0 Å². The summed E-state index contributed by atoms with van der Waals surface area (Å²) in [6.45, 7) is 0. The van der Waals surface area contributed by atoms with Gasteiger partial charge in [-0.05, 0) is 48.4 Å². The van der Waals surface area contributed by atoms with Gasteiger partial charge in [0.05, 0.1) is 5.56 Å². The van der Waals surface area contributed by atoms with Gasteiger partial charge in [0.2, 0.25) is 0 Å². The zero-order valence-corrected chi connectivity index (χ0v) is 10.8. The molecule has 1 aromatic carbocycles. The SMILES string of the molecule is O=C(O)c1csc(-c2ccc3c(c2)CCCC3)c1. The van der Waals surface area contributed by atoms with Crippen LogP contribution in [0.1, 0.15) is 34.3 Å². The molecule has 1 N–H and O–H groups in total. The third kappa shape index (κ3) is 2.06. The van der Waals surface area contributed by atoms with Gasteiger partial charge in [0.1, 0.15) is 0 Å². The zero-order chi connectivity index (χ0) is 12.5. The average molecular weight is 258 g/mol. The fraction of sp³-hybridized carbons (Fsp3) is 0.267. The van der Waals surface area contributed by atoms with Gasteiger partial charge in [0, 0.05) is 10.3 Å². The van der Waals surface area contributed by atoms with Crippen LogP contribution in [0.5, 0.6) is 0 Å². The molecule has 0 aliphatic heterocycles. The number of rotatable bonds is 2. The Balaban J connectivity index is 1.98. The second-order valence-electron chi connectivity index (χ2n) is 4.70. The Kier molecular flexibility index (Phi) is 2.92. The molecule has 1 heterocycles. The number of carboxylic acid groups (broad SMARTS) is 1. The van der Waals surface area contributed by atoms with Crippen molar-refractivity contribution >= 4 is 17.3 Å². The van der Waals surface area contributed by atoms with Crippen molar-refractivity contribution in [1.29, 1.82) is 0 Å². The smallest absolute Gasteiger partial charge is 0.336 e. The van der Waals surface area contributed by atoms with Crippen LogP contribution in [0, 0.1) is 0 Å². The molecule has 1 aromatic heterocycles. The molecule has 3 rings (SSSR count). The van der Waals surface area contributed by atoms with E-state index in [-0.39, 0.29) is 0 Å². The number of benzene rings is 1. The summed E-state index contributed by atoms with van der Waals surface area (Å²) in [7, 11) is 0. The van der Waals surface area contributed by atoms with Crippen LogP contribution in [0.15, 0.2) is 29.6 Å². The Morgan fingerprint density at radius 1 is 1.11 bits per heavy atom. The van der Waals surface area contributed by atoms with Crippen LogP contribution >= 0.6 is 11.3 Å².